The van der Waals surface area contributed by atoms with Crippen molar-refractivity contribution < 1.29 is 9.84 Å². The molecule has 1 aliphatic heterocycles. The van der Waals surface area contributed by atoms with Crippen molar-refractivity contribution in [1.82, 2.24) is 15.5 Å². The number of hydrogen-bond acceptors (Lipinski definition) is 5. The molecular weight excluding hydrogens is 511 g/mol. The van der Waals surface area contributed by atoms with Crippen LogP contribution in [-0.4, -0.2) is 55.4 Å². The van der Waals surface area contributed by atoms with Crippen LogP contribution in [0.1, 0.15) is 30.5 Å². The van der Waals surface area contributed by atoms with Gasteiger partial charge in [-0.2, -0.15) is 11.3 Å². The number of guanidine groups is 1. The molecule has 2 heterocycles. The van der Waals surface area contributed by atoms with Gasteiger partial charge in [0, 0.05) is 26.2 Å². The number of nitrogens with one attached hydrogen (secondary N) is 2. The second kappa shape index (κ2) is 12.6. The fourth-order valence-corrected chi connectivity index (χ4v) is 3.99. The smallest absolute Gasteiger partial charge is 0.191 e. The molecular formula is C22H33IN4O2S. The molecule has 1 aliphatic rings. The fourth-order valence-electron chi connectivity index (χ4n) is 3.21. The van der Waals surface area contributed by atoms with Gasteiger partial charge in [0.25, 0.3) is 0 Å². The Hall–Kier alpha value is -1.20. The summed E-state index contributed by atoms with van der Waals surface area (Å²) in [4.78, 5) is 7.09. The van der Waals surface area contributed by atoms with Crippen LogP contribution in [0.25, 0.3) is 0 Å². The topological polar surface area (TPSA) is 69.1 Å². The molecule has 0 aliphatic carbocycles. The summed E-state index contributed by atoms with van der Waals surface area (Å²) in [7, 11) is 0. The van der Waals surface area contributed by atoms with Crippen molar-refractivity contribution in [2.75, 3.05) is 39.4 Å². The number of benzene rings is 1. The SMILES string of the molecule is CCNC(=NCc1ccc(CN2CCOCC2)cc1)NCC(C)(O)c1ccsc1.I. The highest BCUT2D eigenvalue weighted by molar-refractivity contribution is 14.0. The average molecular weight is 545 g/mol. The first-order valence-electron chi connectivity index (χ1n) is 10.2. The summed E-state index contributed by atoms with van der Waals surface area (Å²) in [6.45, 7) is 10.2. The maximum absolute atomic E-state index is 10.7. The van der Waals surface area contributed by atoms with Crippen LogP contribution in [0, 0.1) is 0 Å². The van der Waals surface area contributed by atoms with Gasteiger partial charge in [-0.15, -0.1) is 24.0 Å². The lowest BCUT2D eigenvalue weighted by molar-refractivity contribution is 0.0342. The van der Waals surface area contributed by atoms with Gasteiger partial charge >= 0.3 is 0 Å². The van der Waals surface area contributed by atoms with E-state index in [1.807, 2.05) is 30.7 Å². The van der Waals surface area contributed by atoms with Gasteiger partial charge in [-0.05, 0) is 47.4 Å². The Morgan fingerprint density at radius 3 is 2.50 bits per heavy atom. The van der Waals surface area contributed by atoms with E-state index in [9.17, 15) is 5.11 Å². The predicted octanol–water partition coefficient (Wildman–Crippen LogP) is 3.16. The number of ether oxygens (including phenoxy) is 1. The zero-order valence-electron chi connectivity index (χ0n) is 17.8. The van der Waals surface area contributed by atoms with E-state index in [4.69, 9.17) is 4.74 Å². The van der Waals surface area contributed by atoms with Crippen LogP contribution in [0.4, 0.5) is 0 Å². The third kappa shape index (κ3) is 7.81. The van der Waals surface area contributed by atoms with E-state index in [0.29, 0.717) is 19.0 Å². The molecule has 0 bridgehead atoms. The van der Waals surface area contributed by atoms with Gasteiger partial charge in [0.2, 0.25) is 0 Å². The van der Waals surface area contributed by atoms with Crippen LogP contribution in [0.3, 0.4) is 0 Å². The number of halogens is 1. The molecule has 1 aromatic carbocycles. The zero-order chi connectivity index (χ0) is 20.5. The maximum atomic E-state index is 10.7. The number of hydrogen-bond donors (Lipinski definition) is 3. The van der Waals surface area contributed by atoms with Crippen LogP contribution >= 0.6 is 35.3 Å². The zero-order valence-corrected chi connectivity index (χ0v) is 20.9. The Balaban J connectivity index is 0.00000320. The highest BCUT2D eigenvalue weighted by Gasteiger charge is 2.23. The van der Waals surface area contributed by atoms with Gasteiger partial charge < -0.3 is 20.5 Å². The average Bonchev–Trinajstić information content (AvgIpc) is 3.28. The Morgan fingerprint density at radius 1 is 1.17 bits per heavy atom. The molecule has 1 aromatic heterocycles. The third-order valence-corrected chi connectivity index (χ3v) is 5.72. The minimum Gasteiger partial charge on any atom is -0.384 e. The van der Waals surface area contributed by atoms with E-state index in [1.54, 1.807) is 11.3 Å². The molecule has 30 heavy (non-hydrogen) atoms. The molecule has 0 radical (unpaired) electrons. The molecule has 3 N–H and O–H groups in total. The first-order chi connectivity index (χ1) is 14.1. The molecule has 1 unspecified atom stereocenters. The van der Waals surface area contributed by atoms with Crippen LogP contribution < -0.4 is 10.6 Å². The maximum Gasteiger partial charge on any atom is 0.191 e. The minimum absolute atomic E-state index is 0. The Bertz CT molecular complexity index is 760. The number of aliphatic imine (C=N–C) groups is 1. The molecule has 0 spiro atoms. The second-order valence-corrected chi connectivity index (χ2v) is 8.32. The van der Waals surface area contributed by atoms with Gasteiger partial charge in [0.1, 0.15) is 5.60 Å². The van der Waals surface area contributed by atoms with Crippen molar-refractivity contribution in [3.8, 4) is 0 Å². The number of morpholine rings is 1. The number of aliphatic hydroxyl groups is 1. The first-order valence-corrected chi connectivity index (χ1v) is 11.2. The Morgan fingerprint density at radius 2 is 1.87 bits per heavy atom. The number of rotatable bonds is 8. The lowest BCUT2D eigenvalue weighted by Gasteiger charge is -2.26. The van der Waals surface area contributed by atoms with Crippen molar-refractivity contribution in [2.45, 2.75) is 32.5 Å². The van der Waals surface area contributed by atoms with Gasteiger partial charge in [-0.25, -0.2) is 4.99 Å². The standard InChI is InChI=1S/C22H32N4O2S.HI/c1-3-23-21(25-17-22(2,27)20-8-13-29-16-20)24-14-18-4-6-19(7-5-18)15-26-9-11-28-12-10-26;/h4-8,13,16,27H,3,9-12,14-15,17H2,1-2H3,(H2,23,24,25);1H. The van der Waals surface area contributed by atoms with E-state index in [2.05, 4.69) is 44.8 Å². The monoisotopic (exact) mass is 544 g/mol. The number of nitrogens with zero attached hydrogens (tertiary/aromatic N) is 2. The van der Waals surface area contributed by atoms with Gasteiger partial charge in [-0.3, -0.25) is 4.90 Å². The molecule has 0 saturated carbocycles. The van der Waals surface area contributed by atoms with Crippen molar-refractivity contribution in [3.63, 3.8) is 0 Å². The van der Waals surface area contributed by atoms with E-state index in [-0.39, 0.29) is 24.0 Å². The molecule has 166 valence electrons. The van der Waals surface area contributed by atoms with E-state index < -0.39 is 5.60 Å². The summed E-state index contributed by atoms with van der Waals surface area (Å²) >= 11 is 1.59. The fraction of sp³-hybridized carbons (Fsp3) is 0.500. The highest BCUT2D eigenvalue weighted by Crippen LogP contribution is 2.22. The van der Waals surface area contributed by atoms with Crippen molar-refractivity contribution in [3.05, 3.63) is 57.8 Å². The van der Waals surface area contributed by atoms with Crippen LogP contribution in [-0.2, 0) is 23.4 Å². The molecule has 1 saturated heterocycles. The highest BCUT2D eigenvalue weighted by atomic mass is 127. The minimum atomic E-state index is -0.933. The largest absolute Gasteiger partial charge is 0.384 e. The Labute approximate surface area is 200 Å². The predicted molar refractivity (Wildman–Crippen MR) is 135 cm³/mol. The summed E-state index contributed by atoms with van der Waals surface area (Å²) in [6, 6.07) is 10.6. The van der Waals surface area contributed by atoms with Gasteiger partial charge in [-0.1, -0.05) is 24.3 Å². The quantitative estimate of drug-likeness (QED) is 0.271. The lowest BCUT2D eigenvalue weighted by atomic mass is 9.99. The third-order valence-electron chi connectivity index (χ3n) is 5.04. The molecule has 2 aromatic rings. The molecule has 1 atom stereocenters. The van der Waals surface area contributed by atoms with Crippen molar-refractivity contribution >= 4 is 41.3 Å². The number of thiophene rings is 1. The molecule has 1 fully saturated rings. The first kappa shape index (κ1) is 25.1. The van der Waals surface area contributed by atoms with E-state index in [1.165, 1.54) is 5.56 Å². The van der Waals surface area contributed by atoms with Gasteiger partial charge in [0.15, 0.2) is 5.96 Å². The summed E-state index contributed by atoms with van der Waals surface area (Å²) in [6.07, 6.45) is 0. The molecule has 6 nitrogen and oxygen atoms in total. The second-order valence-electron chi connectivity index (χ2n) is 7.54. The summed E-state index contributed by atoms with van der Waals surface area (Å²) < 4.78 is 5.41. The van der Waals surface area contributed by atoms with Crippen LogP contribution in [0.5, 0.6) is 0 Å². The van der Waals surface area contributed by atoms with Crippen molar-refractivity contribution in [2.24, 2.45) is 4.99 Å². The molecule has 3 rings (SSSR count). The summed E-state index contributed by atoms with van der Waals surface area (Å²) in [5, 5.41) is 21.2. The normalized spacial score (nSPS) is 17.1. The Kier molecular flexibility index (Phi) is 10.5. The molecule has 8 heteroatoms. The van der Waals surface area contributed by atoms with E-state index >= 15 is 0 Å². The van der Waals surface area contributed by atoms with Crippen molar-refractivity contribution in [1.29, 1.82) is 0 Å². The van der Waals surface area contributed by atoms with Crippen LogP contribution in [0.2, 0.25) is 0 Å². The lowest BCUT2D eigenvalue weighted by Crippen LogP contribution is -2.44. The summed E-state index contributed by atoms with van der Waals surface area (Å²) in [5.74, 6) is 0.709. The van der Waals surface area contributed by atoms with Crippen LogP contribution in [0.15, 0.2) is 46.1 Å². The van der Waals surface area contributed by atoms with Gasteiger partial charge in [0.05, 0.1) is 26.3 Å². The summed E-state index contributed by atoms with van der Waals surface area (Å²) in [5.41, 5.74) is 2.47. The van der Waals surface area contributed by atoms with E-state index in [0.717, 1.165) is 50.5 Å². The molecule has 0 amide bonds.